The zero-order chi connectivity index (χ0) is 20.4. The minimum Gasteiger partial charge on any atom is -0.494 e. The number of aliphatic carboxylic acids is 1. The van der Waals surface area contributed by atoms with Gasteiger partial charge in [0.2, 0.25) is 0 Å². The molecule has 0 aliphatic heterocycles. The molecule has 0 amide bonds. The Kier molecular flexibility index (Phi) is 6.09. The number of allylic oxidation sites excluding steroid dienone is 1. The lowest BCUT2D eigenvalue weighted by Gasteiger charge is -2.46. The van der Waals surface area contributed by atoms with Crippen LogP contribution in [0, 0.1) is 11.3 Å². The Morgan fingerprint density at radius 1 is 1.37 bits per heavy atom. The van der Waals surface area contributed by atoms with Gasteiger partial charge < -0.3 is 14.6 Å². The molecule has 0 radical (unpaired) electrons. The summed E-state index contributed by atoms with van der Waals surface area (Å²) < 4.78 is 38.4. The summed E-state index contributed by atoms with van der Waals surface area (Å²) in [4.78, 5) is 12.1. The third kappa shape index (κ3) is 4.05. The molecule has 2 atom stereocenters. The standard InChI is InChI=1S/C19H26F2N2O4/c1-6-26-13-8-14(16(24)25)15(18(3,4)5)19(9-13,27-7-2)12-10-22-23(11-12)17(20)21/h8-11,15,17H,6-7H2,1-5H3,(H,24,25). The normalized spacial score (nSPS) is 23.2. The fraction of sp³-hybridized carbons (Fsp3) is 0.579. The highest BCUT2D eigenvalue weighted by molar-refractivity contribution is 5.89. The van der Waals surface area contributed by atoms with Gasteiger partial charge in [0, 0.05) is 29.9 Å². The first-order valence-corrected chi connectivity index (χ1v) is 8.84. The quantitative estimate of drug-likeness (QED) is 0.766. The summed E-state index contributed by atoms with van der Waals surface area (Å²) in [7, 11) is 0. The van der Waals surface area contributed by atoms with Gasteiger partial charge in [0.25, 0.3) is 0 Å². The number of aromatic nitrogens is 2. The van der Waals surface area contributed by atoms with E-state index in [0.717, 1.165) is 0 Å². The summed E-state index contributed by atoms with van der Waals surface area (Å²) in [5.74, 6) is -1.43. The molecule has 6 nitrogen and oxygen atoms in total. The van der Waals surface area contributed by atoms with E-state index in [0.29, 0.717) is 22.6 Å². The van der Waals surface area contributed by atoms with Crippen LogP contribution in [0.25, 0.3) is 0 Å². The Morgan fingerprint density at radius 3 is 2.48 bits per heavy atom. The maximum absolute atomic E-state index is 13.1. The van der Waals surface area contributed by atoms with Crippen molar-refractivity contribution in [1.82, 2.24) is 9.78 Å². The SMILES string of the molecule is CCOC1=CC(OCC)(c2cnn(C(F)F)c2)C(C(C)(C)C)C(C(=O)O)=C1. The van der Waals surface area contributed by atoms with Crippen molar-refractivity contribution in [1.29, 1.82) is 0 Å². The van der Waals surface area contributed by atoms with Crippen LogP contribution in [-0.2, 0) is 19.9 Å². The smallest absolute Gasteiger partial charge is 0.333 e. The van der Waals surface area contributed by atoms with Crippen LogP contribution in [-0.4, -0.2) is 34.1 Å². The lowest BCUT2D eigenvalue weighted by Crippen LogP contribution is -2.47. The molecule has 1 aliphatic rings. The Morgan fingerprint density at radius 2 is 2.04 bits per heavy atom. The summed E-state index contributed by atoms with van der Waals surface area (Å²) >= 11 is 0. The molecule has 0 spiro atoms. The van der Waals surface area contributed by atoms with E-state index >= 15 is 0 Å². The maximum Gasteiger partial charge on any atom is 0.333 e. The fourth-order valence-corrected chi connectivity index (χ4v) is 3.69. The van der Waals surface area contributed by atoms with Crippen molar-refractivity contribution in [3.05, 3.63) is 41.4 Å². The van der Waals surface area contributed by atoms with Crippen molar-refractivity contribution in [3.8, 4) is 0 Å². The van der Waals surface area contributed by atoms with E-state index in [1.807, 2.05) is 20.8 Å². The van der Waals surface area contributed by atoms with Crippen molar-refractivity contribution in [2.24, 2.45) is 11.3 Å². The summed E-state index contributed by atoms with van der Waals surface area (Å²) in [5.41, 5.74) is -1.39. The molecule has 0 bridgehead atoms. The molecular formula is C19H26F2N2O4. The van der Waals surface area contributed by atoms with Crippen LogP contribution >= 0.6 is 0 Å². The van der Waals surface area contributed by atoms with E-state index in [1.165, 1.54) is 18.5 Å². The molecule has 0 fully saturated rings. The molecule has 1 N–H and O–H groups in total. The largest absolute Gasteiger partial charge is 0.494 e. The number of halogens is 2. The molecule has 1 aromatic rings. The zero-order valence-electron chi connectivity index (χ0n) is 16.2. The summed E-state index contributed by atoms with van der Waals surface area (Å²) in [6.07, 6.45) is 5.65. The number of carboxylic acids is 1. The number of nitrogens with zero attached hydrogens (tertiary/aromatic N) is 2. The maximum atomic E-state index is 13.1. The van der Waals surface area contributed by atoms with E-state index in [2.05, 4.69) is 5.10 Å². The number of ether oxygens (including phenoxy) is 2. The molecule has 1 aliphatic carbocycles. The van der Waals surface area contributed by atoms with Gasteiger partial charge in [-0.1, -0.05) is 20.8 Å². The molecule has 2 unspecified atom stereocenters. The van der Waals surface area contributed by atoms with Crippen LogP contribution in [0.1, 0.15) is 46.7 Å². The summed E-state index contributed by atoms with van der Waals surface area (Å²) in [6.45, 7) is 6.98. The molecule has 0 aromatic carbocycles. The van der Waals surface area contributed by atoms with Gasteiger partial charge in [0.1, 0.15) is 11.4 Å². The van der Waals surface area contributed by atoms with E-state index < -0.39 is 29.5 Å². The van der Waals surface area contributed by atoms with Crippen molar-refractivity contribution < 1.29 is 28.2 Å². The number of carbonyl (C=O) groups is 1. The number of hydrogen-bond donors (Lipinski definition) is 1. The van der Waals surface area contributed by atoms with Gasteiger partial charge in [0.05, 0.1) is 12.8 Å². The number of rotatable bonds is 7. The predicted molar refractivity (Wildman–Crippen MR) is 95.2 cm³/mol. The highest BCUT2D eigenvalue weighted by Gasteiger charge is 2.52. The Labute approximate surface area is 157 Å². The van der Waals surface area contributed by atoms with Crippen LogP contribution < -0.4 is 0 Å². The van der Waals surface area contributed by atoms with Crippen molar-refractivity contribution in [2.45, 2.75) is 46.8 Å². The van der Waals surface area contributed by atoms with Gasteiger partial charge in [-0.05, 0) is 31.4 Å². The van der Waals surface area contributed by atoms with Crippen molar-refractivity contribution in [3.63, 3.8) is 0 Å². The Bertz CT molecular complexity index is 749. The van der Waals surface area contributed by atoms with Gasteiger partial charge in [0.15, 0.2) is 0 Å². The number of carboxylic acid groups (broad SMARTS) is 1. The van der Waals surface area contributed by atoms with Crippen molar-refractivity contribution >= 4 is 5.97 Å². The van der Waals surface area contributed by atoms with Gasteiger partial charge in [-0.3, -0.25) is 0 Å². The second-order valence-electron chi connectivity index (χ2n) is 7.40. The van der Waals surface area contributed by atoms with Crippen LogP contribution in [0.3, 0.4) is 0 Å². The average Bonchev–Trinajstić information content (AvgIpc) is 3.04. The topological polar surface area (TPSA) is 73.6 Å². The monoisotopic (exact) mass is 384 g/mol. The minimum atomic E-state index is -2.81. The predicted octanol–water partition coefficient (Wildman–Crippen LogP) is 4.12. The van der Waals surface area contributed by atoms with E-state index in [4.69, 9.17) is 9.47 Å². The highest BCUT2D eigenvalue weighted by Crippen LogP contribution is 2.51. The highest BCUT2D eigenvalue weighted by atomic mass is 19.3. The third-order valence-corrected chi connectivity index (χ3v) is 4.45. The summed E-state index contributed by atoms with van der Waals surface area (Å²) in [6, 6.07) is 0. The molecule has 0 saturated heterocycles. The lowest BCUT2D eigenvalue weighted by atomic mass is 9.62. The first-order chi connectivity index (χ1) is 12.6. The van der Waals surface area contributed by atoms with Gasteiger partial charge >= 0.3 is 12.5 Å². The molecule has 0 saturated carbocycles. The fourth-order valence-electron chi connectivity index (χ4n) is 3.69. The second kappa shape index (κ2) is 7.80. The van der Waals surface area contributed by atoms with Gasteiger partial charge in [-0.15, -0.1) is 0 Å². The van der Waals surface area contributed by atoms with Gasteiger partial charge in [-0.25, -0.2) is 9.48 Å². The molecule has 2 rings (SSSR count). The van der Waals surface area contributed by atoms with Crippen LogP contribution in [0.2, 0.25) is 0 Å². The lowest BCUT2D eigenvalue weighted by molar-refractivity contribution is -0.137. The zero-order valence-corrected chi connectivity index (χ0v) is 16.2. The van der Waals surface area contributed by atoms with Gasteiger partial charge in [-0.2, -0.15) is 13.9 Å². The first kappa shape index (κ1) is 21.1. The van der Waals surface area contributed by atoms with Crippen LogP contribution in [0.5, 0.6) is 0 Å². The first-order valence-electron chi connectivity index (χ1n) is 8.84. The summed E-state index contributed by atoms with van der Waals surface area (Å²) in [5, 5.41) is 13.6. The number of hydrogen-bond acceptors (Lipinski definition) is 4. The van der Waals surface area contributed by atoms with Crippen LogP contribution in [0.4, 0.5) is 8.78 Å². The Balaban J connectivity index is 2.77. The second-order valence-corrected chi connectivity index (χ2v) is 7.40. The minimum absolute atomic E-state index is 0.103. The third-order valence-electron chi connectivity index (χ3n) is 4.45. The van der Waals surface area contributed by atoms with E-state index in [-0.39, 0.29) is 12.2 Å². The van der Waals surface area contributed by atoms with Crippen LogP contribution in [0.15, 0.2) is 35.9 Å². The molecule has 150 valence electrons. The molecule has 1 aromatic heterocycles. The molecular weight excluding hydrogens is 358 g/mol. The van der Waals surface area contributed by atoms with E-state index in [1.54, 1.807) is 19.9 Å². The number of alkyl halides is 2. The Hall–Kier alpha value is -2.22. The molecule has 27 heavy (non-hydrogen) atoms. The molecule has 8 heteroatoms. The van der Waals surface area contributed by atoms with Crippen molar-refractivity contribution in [2.75, 3.05) is 13.2 Å². The average molecular weight is 384 g/mol. The molecule has 1 heterocycles. The van der Waals surface area contributed by atoms with E-state index in [9.17, 15) is 18.7 Å².